The van der Waals surface area contributed by atoms with Gasteiger partial charge >= 0.3 is 0 Å². The monoisotopic (exact) mass is 679 g/mol. The Morgan fingerprint density at radius 1 is 1.14 bits per heavy atom. The fourth-order valence-corrected chi connectivity index (χ4v) is 8.39. The number of amides is 2. The quantitative estimate of drug-likeness (QED) is 0.252. The second-order valence-electron chi connectivity index (χ2n) is 15.4. The number of aliphatic hydroxyl groups excluding tert-OH is 2. The molecule has 0 spiro atoms. The second-order valence-corrected chi connectivity index (χ2v) is 15.4. The lowest BCUT2D eigenvalue weighted by Crippen LogP contribution is -2.62. The molecule has 11 heteroatoms. The Bertz CT molecular complexity index is 1490. The molecule has 2 aromatic rings. The van der Waals surface area contributed by atoms with Crippen molar-refractivity contribution in [3.05, 3.63) is 47.5 Å². The fourth-order valence-electron chi connectivity index (χ4n) is 8.39. The van der Waals surface area contributed by atoms with Crippen molar-refractivity contribution in [3.63, 3.8) is 0 Å². The summed E-state index contributed by atoms with van der Waals surface area (Å²) in [5, 5.41) is 29.0. The van der Waals surface area contributed by atoms with Crippen LogP contribution in [-0.4, -0.2) is 111 Å². The molecule has 4 N–H and O–H groups in total. The Kier molecular flexibility index (Phi) is 11.3. The highest BCUT2D eigenvalue weighted by Crippen LogP contribution is 2.61. The van der Waals surface area contributed by atoms with Crippen molar-refractivity contribution < 1.29 is 29.4 Å². The number of anilines is 1. The molecule has 1 heterocycles. The minimum absolute atomic E-state index is 0.0423. The largest absolute Gasteiger partial charge is 0.491 e. The summed E-state index contributed by atoms with van der Waals surface area (Å²) in [6.07, 6.45) is 0.493. The van der Waals surface area contributed by atoms with E-state index in [1.807, 2.05) is 74.4 Å². The summed E-state index contributed by atoms with van der Waals surface area (Å²) in [4.78, 5) is 37.4. The number of carbonyl (C=O) groups excluding carboxylic acids is 2. The van der Waals surface area contributed by atoms with E-state index < -0.39 is 24.2 Å². The number of fused-ring (bicyclic) bond motifs is 2. The normalized spacial score (nSPS) is 28.1. The van der Waals surface area contributed by atoms with Crippen LogP contribution >= 0.6 is 0 Å². The van der Waals surface area contributed by atoms with Gasteiger partial charge in [0.1, 0.15) is 24.5 Å². The molecule has 11 nitrogen and oxygen atoms in total. The van der Waals surface area contributed by atoms with E-state index in [9.17, 15) is 19.8 Å². The topological polar surface area (TPSA) is 127 Å². The Hall–Kier alpha value is -3.22. The van der Waals surface area contributed by atoms with Crippen LogP contribution in [-0.2, 0) is 16.2 Å². The number of carbonyl (C=O) groups is 2. The first-order chi connectivity index (χ1) is 23.2. The fraction of sp³-hybridized carbons (Fsp3) is 0.632. The van der Waals surface area contributed by atoms with E-state index in [0.29, 0.717) is 42.2 Å². The van der Waals surface area contributed by atoms with Gasteiger partial charge < -0.3 is 35.4 Å². The zero-order valence-corrected chi connectivity index (χ0v) is 30.7. The Balaban J connectivity index is 1.51. The maximum atomic E-state index is 14.3. The molecular formula is C38H57N5O6. The summed E-state index contributed by atoms with van der Waals surface area (Å²) in [5.74, 6) is 1.07. The number of para-hydroxylation sites is 1. The Morgan fingerprint density at radius 3 is 2.47 bits per heavy atom. The van der Waals surface area contributed by atoms with Gasteiger partial charge in [-0.1, -0.05) is 39.0 Å². The molecule has 1 aliphatic heterocycles. The number of likely N-dealkylation sites (N-methyl/N-ethyl adjacent to an activating group) is 1. The molecular weight excluding hydrogens is 622 g/mol. The highest BCUT2D eigenvalue weighted by Gasteiger charge is 2.57. The van der Waals surface area contributed by atoms with Crippen molar-refractivity contribution >= 4 is 17.5 Å². The van der Waals surface area contributed by atoms with Gasteiger partial charge in [0.05, 0.1) is 19.3 Å². The van der Waals surface area contributed by atoms with Crippen LogP contribution in [0, 0.1) is 29.1 Å². The second kappa shape index (κ2) is 14.9. The smallest absolute Gasteiger partial charge is 0.251 e. The molecule has 2 amide bonds. The molecule has 3 aliphatic carbocycles. The summed E-state index contributed by atoms with van der Waals surface area (Å²) in [5.41, 5.74) is 4.07. The van der Waals surface area contributed by atoms with E-state index in [0.717, 1.165) is 28.8 Å². The van der Waals surface area contributed by atoms with E-state index in [4.69, 9.17) is 9.57 Å². The molecule has 1 unspecified atom stereocenters. The number of aliphatic hydroxyl groups is 2. The number of hydroxylamine groups is 2. The SMILES string of the molecule is CNC(=O)c1cc(-c2cccc(CN3O[C@@H](CO)[C@@H](C(C)O)[C@H]3C(=O)N[C@H]3C[C@H]4C[C@@H]([C@@H]3C)C4(C)C)c2OCCN(C)C)cc(N(C)C)c1. The van der Waals surface area contributed by atoms with Gasteiger partial charge in [0.15, 0.2) is 0 Å². The number of benzene rings is 2. The molecule has 4 fully saturated rings. The van der Waals surface area contributed by atoms with Gasteiger partial charge in [-0.05, 0) is 80.8 Å². The zero-order chi connectivity index (χ0) is 35.8. The first-order valence-electron chi connectivity index (χ1n) is 17.6. The van der Waals surface area contributed by atoms with Crippen LogP contribution in [0.15, 0.2) is 36.4 Å². The van der Waals surface area contributed by atoms with Gasteiger partial charge in [-0.2, -0.15) is 5.06 Å². The molecule has 0 aromatic heterocycles. The third-order valence-electron chi connectivity index (χ3n) is 11.5. The Morgan fingerprint density at radius 2 is 1.88 bits per heavy atom. The summed E-state index contributed by atoms with van der Waals surface area (Å²) >= 11 is 0. The van der Waals surface area contributed by atoms with Crippen molar-refractivity contribution in [2.75, 3.05) is 59.9 Å². The minimum atomic E-state index is -0.895. The van der Waals surface area contributed by atoms with E-state index in [1.54, 1.807) is 19.0 Å². The lowest BCUT2D eigenvalue weighted by molar-refractivity contribution is -0.183. The zero-order valence-electron chi connectivity index (χ0n) is 30.7. The summed E-state index contributed by atoms with van der Waals surface area (Å²) in [6.45, 7) is 9.49. The van der Waals surface area contributed by atoms with Crippen molar-refractivity contribution in [1.29, 1.82) is 0 Å². The van der Waals surface area contributed by atoms with Crippen molar-refractivity contribution in [2.45, 2.75) is 71.4 Å². The van der Waals surface area contributed by atoms with Crippen molar-refractivity contribution in [3.8, 4) is 16.9 Å². The minimum Gasteiger partial charge on any atom is -0.491 e. The predicted molar refractivity (Wildman–Crippen MR) is 191 cm³/mol. The molecule has 2 bridgehead atoms. The van der Waals surface area contributed by atoms with Crippen LogP contribution < -0.4 is 20.3 Å². The van der Waals surface area contributed by atoms with E-state index in [-0.39, 0.29) is 36.4 Å². The average molecular weight is 680 g/mol. The molecule has 270 valence electrons. The number of nitrogens with one attached hydrogen (secondary N) is 2. The summed E-state index contributed by atoms with van der Waals surface area (Å²) in [7, 11) is 9.44. The number of nitrogens with zero attached hydrogens (tertiary/aromatic N) is 3. The molecule has 2 aromatic carbocycles. The molecule has 8 atom stereocenters. The molecule has 3 saturated carbocycles. The lowest BCUT2D eigenvalue weighted by atomic mass is 9.45. The maximum Gasteiger partial charge on any atom is 0.251 e. The van der Waals surface area contributed by atoms with Crippen LogP contribution in [0.25, 0.3) is 11.1 Å². The van der Waals surface area contributed by atoms with Gasteiger partial charge in [-0.3, -0.25) is 14.4 Å². The van der Waals surface area contributed by atoms with E-state index >= 15 is 0 Å². The number of hydrogen-bond donors (Lipinski definition) is 4. The van der Waals surface area contributed by atoms with Gasteiger partial charge in [0, 0.05) is 62.0 Å². The van der Waals surface area contributed by atoms with Crippen molar-refractivity contribution in [1.82, 2.24) is 20.6 Å². The lowest BCUT2D eigenvalue weighted by Gasteiger charge is -2.62. The molecule has 1 saturated heterocycles. The first kappa shape index (κ1) is 37.0. The highest BCUT2D eigenvalue weighted by atomic mass is 16.7. The molecule has 49 heavy (non-hydrogen) atoms. The van der Waals surface area contributed by atoms with Gasteiger partial charge in [0.25, 0.3) is 5.91 Å². The van der Waals surface area contributed by atoms with Gasteiger partial charge in [-0.15, -0.1) is 0 Å². The van der Waals surface area contributed by atoms with Crippen LogP contribution in [0.5, 0.6) is 5.75 Å². The van der Waals surface area contributed by atoms with Crippen LogP contribution in [0.3, 0.4) is 0 Å². The van der Waals surface area contributed by atoms with Crippen LogP contribution in [0.1, 0.15) is 56.5 Å². The van der Waals surface area contributed by atoms with Crippen LogP contribution in [0.4, 0.5) is 5.69 Å². The van der Waals surface area contributed by atoms with E-state index in [1.165, 1.54) is 6.42 Å². The number of rotatable bonds is 13. The number of hydrogen-bond acceptors (Lipinski definition) is 9. The van der Waals surface area contributed by atoms with Gasteiger partial charge in [0.2, 0.25) is 5.91 Å². The molecule has 0 radical (unpaired) electrons. The first-order valence-corrected chi connectivity index (χ1v) is 17.6. The third kappa shape index (κ3) is 7.46. The van der Waals surface area contributed by atoms with Gasteiger partial charge in [-0.25, -0.2) is 0 Å². The molecule has 4 aliphatic rings. The van der Waals surface area contributed by atoms with Crippen molar-refractivity contribution in [2.24, 2.45) is 29.1 Å². The summed E-state index contributed by atoms with van der Waals surface area (Å²) < 4.78 is 6.53. The average Bonchev–Trinajstić information content (AvgIpc) is 3.43. The third-order valence-corrected chi connectivity index (χ3v) is 11.5. The summed E-state index contributed by atoms with van der Waals surface area (Å²) in [6, 6.07) is 10.8. The predicted octanol–water partition coefficient (Wildman–Crippen LogP) is 3.38. The maximum absolute atomic E-state index is 14.3. The highest BCUT2D eigenvalue weighted by molar-refractivity contribution is 5.97. The van der Waals surface area contributed by atoms with E-state index in [2.05, 4.69) is 31.4 Å². The van der Waals surface area contributed by atoms with Crippen LogP contribution in [0.2, 0.25) is 0 Å². The Labute approximate surface area is 291 Å². The molecule has 6 rings (SSSR count). The number of ether oxygens (including phenoxy) is 1. The standard InChI is InChI=1S/C38H57N5O6/c1-22-30-18-27(38(30,3)4)19-31(22)40-37(47)34-33(23(2)45)32(21-44)49-43(34)20-24-11-10-12-29(35(24)48-14-13-41(6)7)25-15-26(36(46)39-5)17-28(16-25)42(8)9/h10-12,15-17,22-23,27,30-34,44-45H,13-14,18-21H2,1-9H3,(H,39,46)(H,40,47)/t22-,23?,27+,30-,31-,32-,33+,34-/m0/s1.